The fourth-order valence-electron chi connectivity index (χ4n) is 1.10. The number of hydrogen-bond acceptors (Lipinski definition) is 2. The summed E-state index contributed by atoms with van der Waals surface area (Å²) in [6.45, 7) is 1.85. The van der Waals surface area contributed by atoms with Gasteiger partial charge >= 0.3 is 0 Å². The van der Waals surface area contributed by atoms with Crippen molar-refractivity contribution >= 4 is 0 Å². The molecule has 0 aromatic heterocycles. The van der Waals surface area contributed by atoms with Crippen LogP contribution in [0.4, 0.5) is 0 Å². The summed E-state index contributed by atoms with van der Waals surface area (Å²) < 4.78 is 0. The van der Waals surface area contributed by atoms with Gasteiger partial charge in [-0.3, -0.25) is 0 Å². The van der Waals surface area contributed by atoms with Crippen LogP contribution >= 0.6 is 0 Å². The summed E-state index contributed by atoms with van der Waals surface area (Å²) in [7, 11) is 0. The van der Waals surface area contributed by atoms with Crippen molar-refractivity contribution in [2.75, 3.05) is 0 Å². The van der Waals surface area contributed by atoms with Gasteiger partial charge in [0.2, 0.25) is 0 Å². The molecule has 68 valence electrons. The number of phenolic OH excluding ortho intramolecular Hbond substituents is 1. The Morgan fingerprint density at radius 1 is 1.46 bits per heavy atom. The van der Waals surface area contributed by atoms with E-state index in [1.165, 1.54) is 0 Å². The van der Waals surface area contributed by atoms with Gasteiger partial charge in [0, 0.05) is 11.0 Å². The first kappa shape index (κ1) is 9.42. The maximum absolute atomic E-state index is 9.01. The quantitative estimate of drug-likeness (QED) is 0.430. The molecule has 1 N–H and O–H groups in total. The SMILES string of the molecule is CC(Cc1ccc(O)cc1)N=[N+]=[N-]. The highest BCUT2D eigenvalue weighted by Gasteiger charge is 2.00. The number of nitrogens with zero attached hydrogens (tertiary/aromatic N) is 3. The van der Waals surface area contributed by atoms with E-state index >= 15 is 0 Å². The smallest absolute Gasteiger partial charge is 0.115 e. The van der Waals surface area contributed by atoms with E-state index in [1.54, 1.807) is 12.1 Å². The second-order valence-electron chi connectivity index (χ2n) is 2.92. The fourth-order valence-corrected chi connectivity index (χ4v) is 1.10. The molecule has 0 aliphatic carbocycles. The molecule has 1 aromatic carbocycles. The molecule has 0 amide bonds. The molecule has 13 heavy (non-hydrogen) atoms. The maximum Gasteiger partial charge on any atom is 0.115 e. The molecule has 0 heterocycles. The van der Waals surface area contributed by atoms with Gasteiger partial charge in [0.05, 0.1) is 0 Å². The predicted molar refractivity (Wildman–Crippen MR) is 50.4 cm³/mol. The Morgan fingerprint density at radius 2 is 2.08 bits per heavy atom. The third kappa shape index (κ3) is 3.05. The molecule has 1 rings (SSSR count). The van der Waals surface area contributed by atoms with Crippen LogP contribution in [0.2, 0.25) is 0 Å². The first-order valence-corrected chi connectivity index (χ1v) is 4.04. The zero-order chi connectivity index (χ0) is 9.68. The van der Waals surface area contributed by atoms with Crippen molar-refractivity contribution in [1.29, 1.82) is 0 Å². The maximum atomic E-state index is 9.01. The van der Waals surface area contributed by atoms with Crippen molar-refractivity contribution in [3.05, 3.63) is 40.3 Å². The van der Waals surface area contributed by atoms with Crippen LogP contribution in [0.1, 0.15) is 12.5 Å². The monoisotopic (exact) mass is 177 g/mol. The Morgan fingerprint density at radius 3 is 2.62 bits per heavy atom. The first-order chi connectivity index (χ1) is 6.22. The highest BCUT2D eigenvalue weighted by molar-refractivity contribution is 5.26. The third-order valence-electron chi connectivity index (χ3n) is 1.72. The van der Waals surface area contributed by atoms with Crippen molar-refractivity contribution in [2.45, 2.75) is 19.4 Å². The molecular formula is C9H11N3O. The van der Waals surface area contributed by atoms with Gasteiger partial charge in [-0.15, -0.1) is 0 Å². The lowest BCUT2D eigenvalue weighted by atomic mass is 10.1. The molecule has 4 nitrogen and oxygen atoms in total. The predicted octanol–water partition coefficient (Wildman–Crippen LogP) is 2.63. The largest absolute Gasteiger partial charge is 0.508 e. The van der Waals surface area contributed by atoms with Crippen LogP contribution in [0.25, 0.3) is 10.4 Å². The molecule has 0 aliphatic rings. The Labute approximate surface area is 76.5 Å². The minimum atomic E-state index is -0.0467. The summed E-state index contributed by atoms with van der Waals surface area (Å²) in [5.41, 5.74) is 9.23. The lowest BCUT2D eigenvalue weighted by Gasteiger charge is -2.03. The zero-order valence-electron chi connectivity index (χ0n) is 7.38. The van der Waals surface area contributed by atoms with Gasteiger partial charge < -0.3 is 5.11 Å². The fraction of sp³-hybridized carbons (Fsp3) is 0.333. The molecule has 0 radical (unpaired) electrons. The summed E-state index contributed by atoms with van der Waals surface area (Å²) in [5.74, 6) is 0.250. The number of aromatic hydroxyl groups is 1. The molecule has 0 spiro atoms. The van der Waals surface area contributed by atoms with Gasteiger partial charge in [-0.05, 0) is 29.6 Å². The molecule has 1 aromatic rings. The number of benzene rings is 1. The van der Waals surface area contributed by atoms with Crippen LogP contribution in [0.15, 0.2) is 29.4 Å². The van der Waals surface area contributed by atoms with Crippen molar-refractivity contribution < 1.29 is 5.11 Å². The molecule has 0 saturated heterocycles. The Kier molecular flexibility index (Phi) is 3.17. The van der Waals surface area contributed by atoms with E-state index in [0.29, 0.717) is 6.42 Å². The summed E-state index contributed by atoms with van der Waals surface area (Å²) in [5, 5.41) is 12.6. The molecule has 0 bridgehead atoms. The molecule has 1 atom stereocenters. The second kappa shape index (κ2) is 4.38. The summed E-state index contributed by atoms with van der Waals surface area (Å²) in [6, 6.07) is 6.84. The van der Waals surface area contributed by atoms with E-state index in [1.807, 2.05) is 19.1 Å². The number of hydrogen-bond donors (Lipinski definition) is 1. The van der Waals surface area contributed by atoms with Crippen LogP contribution < -0.4 is 0 Å². The summed E-state index contributed by atoms with van der Waals surface area (Å²) >= 11 is 0. The van der Waals surface area contributed by atoms with Crippen LogP contribution in [-0.4, -0.2) is 11.1 Å². The zero-order valence-corrected chi connectivity index (χ0v) is 7.38. The summed E-state index contributed by atoms with van der Waals surface area (Å²) in [4.78, 5) is 2.72. The minimum absolute atomic E-state index is 0.0467. The number of rotatable bonds is 3. The van der Waals surface area contributed by atoms with Gasteiger partial charge in [-0.25, -0.2) is 0 Å². The second-order valence-corrected chi connectivity index (χ2v) is 2.92. The van der Waals surface area contributed by atoms with Crippen molar-refractivity contribution in [2.24, 2.45) is 5.11 Å². The average molecular weight is 177 g/mol. The highest BCUT2D eigenvalue weighted by Crippen LogP contribution is 2.12. The lowest BCUT2D eigenvalue weighted by Crippen LogP contribution is -2.00. The van der Waals surface area contributed by atoms with E-state index in [0.717, 1.165) is 5.56 Å². The van der Waals surface area contributed by atoms with E-state index < -0.39 is 0 Å². The van der Waals surface area contributed by atoms with Crippen LogP contribution in [-0.2, 0) is 6.42 Å². The molecule has 0 saturated carbocycles. The molecule has 4 heteroatoms. The number of phenols is 1. The number of azide groups is 1. The Hall–Kier alpha value is -1.67. The van der Waals surface area contributed by atoms with E-state index in [9.17, 15) is 0 Å². The van der Waals surface area contributed by atoms with Gasteiger partial charge in [-0.1, -0.05) is 24.2 Å². The van der Waals surface area contributed by atoms with Gasteiger partial charge in [-0.2, -0.15) is 0 Å². The van der Waals surface area contributed by atoms with Crippen molar-refractivity contribution in [3.63, 3.8) is 0 Å². The van der Waals surface area contributed by atoms with Crippen LogP contribution in [0.3, 0.4) is 0 Å². The van der Waals surface area contributed by atoms with Crippen LogP contribution in [0.5, 0.6) is 5.75 Å². The molecular weight excluding hydrogens is 166 g/mol. The van der Waals surface area contributed by atoms with Crippen molar-refractivity contribution in [1.82, 2.24) is 0 Å². The Bertz CT molecular complexity index is 314. The standard InChI is InChI=1S/C9H11N3O/c1-7(11-12-10)6-8-2-4-9(13)5-3-8/h2-5,7,13H,6H2,1H3. The molecule has 0 aliphatic heterocycles. The lowest BCUT2D eigenvalue weighted by molar-refractivity contribution is 0.475. The molecule has 1 unspecified atom stereocenters. The van der Waals surface area contributed by atoms with E-state index in [2.05, 4.69) is 10.0 Å². The van der Waals surface area contributed by atoms with E-state index in [-0.39, 0.29) is 11.8 Å². The highest BCUT2D eigenvalue weighted by atomic mass is 16.3. The van der Waals surface area contributed by atoms with Crippen molar-refractivity contribution in [3.8, 4) is 5.75 Å². The van der Waals surface area contributed by atoms with Crippen LogP contribution in [0, 0.1) is 0 Å². The van der Waals surface area contributed by atoms with Gasteiger partial charge in [0.1, 0.15) is 5.75 Å². The minimum Gasteiger partial charge on any atom is -0.508 e. The topological polar surface area (TPSA) is 69.0 Å². The van der Waals surface area contributed by atoms with Gasteiger partial charge in [0.25, 0.3) is 0 Å². The van der Waals surface area contributed by atoms with E-state index in [4.69, 9.17) is 10.6 Å². The average Bonchev–Trinajstić information content (AvgIpc) is 2.09. The van der Waals surface area contributed by atoms with Gasteiger partial charge in [0.15, 0.2) is 0 Å². The Balaban J connectivity index is 2.64. The third-order valence-corrected chi connectivity index (χ3v) is 1.72. The summed E-state index contributed by atoms with van der Waals surface area (Å²) in [6.07, 6.45) is 0.699. The molecule has 0 fully saturated rings. The first-order valence-electron chi connectivity index (χ1n) is 4.04. The normalized spacial score (nSPS) is 11.8.